The third-order valence-electron chi connectivity index (χ3n) is 16.7. The van der Waals surface area contributed by atoms with Gasteiger partial charge < -0.3 is 74.7 Å². The highest BCUT2D eigenvalue weighted by Gasteiger charge is 2.56. The molecule has 93 heavy (non-hydrogen) atoms. The number of ketones is 3. The number of imide groups is 1. The van der Waals surface area contributed by atoms with Gasteiger partial charge in [0.05, 0.1) is 48.9 Å². The SMILES string of the molecule is CNCC(=O)N[C@@H](Cc1cnc[nH]1)C(=O)CC(=O)N(CCC(C(=O)[C@H](CCCN=C(N)N)NC(=O)[C@H](C)N)(C(=O)[C@@H](Cc1ccc(O)cc1)NC(=O)[C@H](Cc1ccc(O)cc1)NC(=O)[C@@H](NC)C(O)c1cccc2ccccc12)C1CCCCC1)C(=O)[C@H](C)NC(C)=O. The molecular formula is C66H88N14O13. The molecule has 7 amide bonds. The van der Waals surface area contributed by atoms with Crippen LogP contribution in [0.25, 0.3) is 10.8 Å². The Hall–Kier alpha value is -9.44. The number of aliphatic imine (C=N–C) groups is 1. The lowest BCUT2D eigenvalue weighted by molar-refractivity contribution is -0.155. The van der Waals surface area contributed by atoms with Gasteiger partial charge in [0.2, 0.25) is 35.4 Å². The van der Waals surface area contributed by atoms with Crippen molar-refractivity contribution in [3.05, 3.63) is 126 Å². The molecule has 0 aliphatic heterocycles. The van der Waals surface area contributed by atoms with E-state index in [0.29, 0.717) is 51.9 Å². The van der Waals surface area contributed by atoms with Crippen LogP contribution in [0.1, 0.15) is 107 Å². The van der Waals surface area contributed by atoms with Gasteiger partial charge in [-0.05, 0) is 124 Å². The number of hydrogen-bond donors (Lipinski definition) is 14. The fourth-order valence-corrected chi connectivity index (χ4v) is 12.0. The number of benzene rings is 4. The number of aromatic amines is 1. The highest BCUT2D eigenvalue weighted by molar-refractivity contribution is 6.14. The Kier molecular flexibility index (Phi) is 27.2. The number of imidazole rings is 1. The van der Waals surface area contributed by atoms with Crippen LogP contribution in [-0.4, -0.2) is 171 Å². The quantitative estimate of drug-likeness (QED) is 0.0116. The summed E-state index contributed by atoms with van der Waals surface area (Å²) in [5.74, 6) is -10.2. The van der Waals surface area contributed by atoms with E-state index >= 15 is 19.2 Å². The van der Waals surface area contributed by atoms with Gasteiger partial charge >= 0.3 is 0 Å². The first-order valence-electron chi connectivity index (χ1n) is 31.1. The lowest BCUT2D eigenvalue weighted by atomic mass is 9.59. The highest BCUT2D eigenvalue weighted by Crippen LogP contribution is 2.46. The summed E-state index contributed by atoms with van der Waals surface area (Å²) < 4.78 is 0. The van der Waals surface area contributed by atoms with Gasteiger partial charge in [-0.2, -0.15) is 0 Å². The first-order chi connectivity index (χ1) is 44.4. The van der Waals surface area contributed by atoms with Crippen molar-refractivity contribution >= 4 is 75.4 Å². The Balaban J connectivity index is 1.54. The smallest absolute Gasteiger partial charge is 0.251 e. The number of hydrogen-bond acceptors (Lipinski definition) is 18. The zero-order valence-corrected chi connectivity index (χ0v) is 53.1. The van der Waals surface area contributed by atoms with E-state index in [1.165, 1.54) is 89.0 Å². The van der Waals surface area contributed by atoms with E-state index in [-0.39, 0.29) is 75.5 Å². The number of aliphatic hydroxyl groups is 1. The monoisotopic (exact) mass is 1280 g/mol. The Bertz CT molecular complexity index is 3420. The minimum Gasteiger partial charge on any atom is -0.508 e. The second-order valence-corrected chi connectivity index (χ2v) is 23.6. The second kappa shape index (κ2) is 34.8. The van der Waals surface area contributed by atoms with Gasteiger partial charge in [0, 0.05) is 44.7 Å². The van der Waals surface area contributed by atoms with Crippen LogP contribution in [0.3, 0.4) is 0 Å². The molecule has 1 aromatic heterocycles. The van der Waals surface area contributed by atoms with Gasteiger partial charge in [0.1, 0.15) is 35.7 Å². The molecular weight excluding hydrogens is 1200 g/mol. The van der Waals surface area contributed by atoms with Crippen molar-refractivity contribution in [2.24, 2.45) is 33.5 Å². The van der Waals surface area contributed by atoms with Crippen molar-refractivity contribution in [1.29, 1.82) is 0 Å². The van der Waals surface area contributed by atoms with Crippen LogP contribution < -0.4 is 54.4 Å². The summed E-state index contributed by atoms with van der Waals surface area (Å²) >= 11 is 0. The maximum Gasteiger partial charge on any atom is 0.251 e. The van der Waals surface area contributed by atoms with Crippen molar-refractivity contribution < 1.29 is 63.3 Å². The van der Waals surface area contributed by atoms with E-state index in [0.717, 1.165) is 12.3 Å². The lowest BCUT2D eigenvalue weighted by Crippen LogP contribution is -2.63. The lowest BCUT2D eigenvalue weighted by Gasteiger charge is -2.45. The number of phenolic OH excluding ortho intramolecular Hbond substituents is 2. The molecule has 0 bridgehead atoms. The average molecular weight is 1290 g/mol. The standard InChI is InChI=1S/C66H88N14O13/c1-38(67)61(90)77-50(19-12-29-73-65(68)69)59(88)66(44-15-7-6-8-16-44,28-30-80(64(93)39(2)75-40(3)81)56(86)34-54(84)51(76-55(85)36-70-4)33-45-35-72-37-74-45)60(89)52(31-41-20-24-46(82)25-21-41)78-62(91)53(32-42-22-26-47(83)27-23-42)79-63(92)57(71-5)58(87)49-18-11-14-43-13-9-10-17-48(43)49/h9-11,13-14,17-18,20-27,35,37-39,44,50-53,57-58,70-71,82-83,87H,6-8,12,15-16,19,28-34,36,67H2,1-5H3,(H,72,74)(H,75,81)(H,76,85)(H,77,90)(H,78,91)(H,79,92)(H4,68,69,73)/t38-,39-,50-,51-,52+,53-,57-,58?,66?/m0/s1. The molecule has 0 saturated heterocycles. The molecule has 1 saturated carbocycles. The number of guanidine groups is 1. The molecule has 500 valence electrons. The molecule has 4 aromatic carbocycles. The number of aromatic nitrogens is 2. The van der Waals surface area contributed by atoms with Crippen LogP contribution in [0.15, 0.2) is 109 Å². The second-order valence-electron chi connectivity index (χ2n) is 23.6. The largest absolute Gasteiger partial charge is 0.508 e. The Morgan fingerprint density at radius 3 is 1.91 bits per heavy atom. The van der Waals surface area contributed by atoms with Crippen molar-refractivity contribution in [1.82, 2.24) is 52.1 Å². The molecule has 9 atom stereocenters. The summed E-state index contributed by atoms with van der Waals surface area (Å²) in [5, 5.41) is 53.3. The number of carbonyl (C=O) groups excluding carboxylic acids is 10. The van der Waals surface area contributed by atoms with Crippen LogP contribution in [0, 0.1) is 11.3 Å². The van der Waals surface area contributed by atoms with Crippen LogP contribution >= 0.6 is 0 Å². The normalized spacial score (nSPS) is 15.6. The number of phenols is 2. The van der Waals surface area contributed by atoms with Crippen molar-refractivity contribution in [3.8, 4) is 11.5 Å². The number of Topliss-reactive ketones (excluding diaryl/α,β-unsaturated/α-hetero) is 3. The maximum absolute atomic E-state index is 17.0. The summed E-state index contributed by atoms with van der Waals surface area (Å²) in [6.07, 6.45) is 0.584. The minimum absolute atomic E-state index is 0.0433. The molecule has 27 nitrogen and oxygen atoms in total. The number of aliphatic hydroxyl groups excluding tert-OH is 1. The number of nitrogens with two attached hydrogens (primary N) is 3. The zero-order chi connectivity index (χ0) is 67.9. The number of H-pyrrole nitrogens is 1. The summed E-state index contributed by atoms with van der Waals surface area (Å²) in [6.45, 7) is 2.78. The van der Waals surface area contributed by atoms with Crippen molar-refractivity contribution in [2.75, 3.05) is 33.7 Å². The van der Waals surface area contributed by atoms with Crippen LogP contribution in [-0.2, 0) is 67.2 Å². The molecule has 1 fully saturated rings. The Morgan fingerprint density at radius 1 is 0.720 bits per heavy atom. The van der Waals surface area contributed by atoms with Gasteiger partial charge in [-0.15, -0.1) is 0 Å². The van der Waals surface area contributed by atoms with E-state index in [1.807, 2.05) is 18.2 Å². The van der Waals surface area contributed by atoms with E-state index in [9.17, 15) is 44.1 Å². The number of aromatic hydroxyl groups is 2. The van der Waals surface area contributed by atoms with Gasteiger partial charge in [0.25, 0.3) is 5.91 Å². The highest BCUT2D eigenvalue weighted by atomic mass is 16.3. The predicted molar refractivity (Wildman–Crippen MR) is 346 cm³/mol. The fraction of sp³-hybridized carbons (Fsp3) is 0.455. The number of carbonyl (C=O) groups is 10. The molecule has 1 heterocycles. The maximum atomic E-state index is 17.0. The number of rotatable bonds is 35. The van der Waals surface area contributed by atoms with Gasteiger partial charge in [0.15, 0.2) is 23.3 Å². The third-order valence-corrected chi connectivity index (χ3v) is 16.7. The molecule has 0 radical (unpaired) electrons. The average Bonchev–Trinajstić information content (AvgIpc) is 0.909. The van der Waals surface area contributed by atoms with Crippen LogP contribution in [0.4, 0.5) is 0 Å². The van der Waals surface area contributed by atoms with Crippen LogP contribution in [0.5, 0.6) is 11.5 Å². The molecule has 27 heteroatoms. The Morgan fingerprint density at radius 2 is 1.32 bits per heavy atom. The summed E-state index contributed by atoms with van der Waals surface area (Å²) in [7, 11) is 2.97. The fourth-order valence-electron chi connectivity index (χ4n) is 12.0. The molecule has 2 unspecified atom stereocenters. The number of nitrogens with one attached hydrogen (secondary N) is 8. The van der Waals surface area contributed by atoms with E-state index < -0.39 is 138 Å². The summed E-state index contributed by atoms with van der Waals surface area (Å²) in [6, 6.07) is 13.7. The Labute approximate surface area is 539 Å². The van der Waals surface area contributed by atoms with E-state index in [4.69, 9.17) is 17.2 Å². The van der Waals surface area contributed by atoms with Gasteiger partial charge in [-0.25, -0.2) is 4.98 Å². The summed E-state index contributed by atoms with van der Waals surface area (Å²) in [5.41, 5.74) is 16.7. The third kappa shape index (κ3) is 20.3. The topological polar surface area (TPSA) is 438 Å². The molecule has 17 N–H and O–H groups in total. The molecule has 5 aromatic rings. The minimum atomic E-state index is -2.40. The molecule has 1 aliphatic carbocycles. The molecule has 1 aliphatic rings. The number of amides is 7. The predicted octanol–water partition coefficient (Wildman–Crippen LogP) is 0.817. The van der Waals surface area contributed by atoms with E-state index in [2.05, 4.69) is 52.2 Å². The number of nitrogens with zero attached hydrogens (tertiary/aromatic N) is 3. The zero-order valence-electron chi connectivity index (χ0n) is 53.1. The van der Waals surface area contributed by atoms with Crippen molar-refractivity contribution in [3.63, 3.8) is 0 Å². The van der Waals surface area contributed by atoms with Crippen LogP contribution in [0.2, 0.25) is 0 Å². The summed E-state index contributed by atoms with van der Waals surface area (Å²) in [4.78, 5) is 160. The number of fused-ring (bicyclic) bond motifs is 1. The van der Waals surface area contributed by atoms with E-state index in [1.54, 1.807) is 24.3 Å². The van der Waals surface area contributed by atoms with Crippen molar-refractivity contribution in [2.45, 2.75) is 146 Å². The molecule has 0 spiro atoms. The first kappa shape index (κ1) is 72.6. The first-order valence-corrected chi connectivity index (χ1v) is 31.1. The molecule has 6 rings (SSSR count). The van der Waals surface area contributed by atoms with Gasteiger partial charge in [-0.1, -0.05) is 86.0 Å². The number of likely N-dealkylation sites (N-methyl/N-ethyl adjacent to an activating group) is 2. The van der Waals surface area contributed by atoms with Gasteiger partial charge in [-0.3, -0.25) is 57.8 Å².